The highest BCUT2D eigenvalue weighted by molar-refractivity contribution is 5.93. The van der Waals surface area contributed by atoms with Crippen molar-refractivity contribution in [3.63, 3.8) is 0 Å². The van der Waals surface area contributed by atoms with Crippen molar-refractivity contribution in [1.29, 1.82) is 0 Å². The summed E-state index contributed by atoms with van der Waals surface area (Å²) in [5, 5.41) is 0. The summed E-state index contributed by atoms with van der Waals surface area (Å²) < 4.78 is 5.70. The summed E-state index contributed by atoms with van der Waals surface area (Å²) >= 11 is 0. The molecule has 0 bridgehead atoms. The summed E-state index contributed by atoms with van der Waals surface area (Å²) in [6, 6.07) is 8.97. The van der Waals surface area contributed by atoms with Gasteiger partial charge in [0.25, 0.3) is 11.5 Å². The number of benzene rings is 1. The van der Waals surface area contributed by atoms with Crippen molar-refractivity contribution in [3.8, 4) is 17.0 Å². The lowest BCUT2D eigenvalue weighted by atomic mass is 10.0. The van der Waals surface area contributed by atoms with E-state index >= 15 is 0 Å². The minimum Gasteiger partial charge on any atom is -0.493 e. The van der Waals surface area contributed by atoms with Crippen molar-refractivity contribution in [3.05, 3.63) is 51.8 Å². The Bertz CT molecular complexity index is 720. The summed E-state index contributed by atoms with van der Waals surface area (Å²) in [7, 11) is 0. The van der Waals surface area contributed by atoms with E-state index in [0.29, 0.717) is 18.1 Å². The molecule has 2 aromatic rings. The Labute approximate surface area is 122 Å². The predicted octanol–water partition coefficient (Wildman–Crippen LogP) is 2.24. The molecular formula is C16H18N2O3. The zero-order chi connectivity index (χ0) is 15.4. The van der Waals surface area contributed by atoms with Crippen LogP contribution in [0.1, 0.15) is 29.3 Å². The lowest BCUT2D eigenvalue weighted by Crippen LogP contribution is -2.24. The maximum Gasteiger partial charge on any atom is 0.261 e. The molecule has 1 amide bonds. The van der Waals surface area contributed by atoms with Crippen LogP contribution in [0.15, 0.2) is 35.1 Å². The molecule has 3 N–H and O–H groups in total. The zero-order valence-electron chi connectivity index (χ0n) is 12.1. The normalized spacial score (nSPS) is 10.4. The number of aryl methyl sites for hydroxylation is 1. The quantitative estimate of drug-likeness (QED) is 0.884. The van der Waals surface area contributed by atoms with Crippen LogP contribution in [0.2, 0.25) is 0 Å². The van der Waals surface area contributed by atoms with Gasteiger partial charge in [-0.1, -0.05) is 19.1 Å². The van der Waals surface area contributed by atoms with Gasteiger partial charge in [-0.3, -0.25) is 9.59 Å². The molecule has 0 atom stereocenters. The first kappa shape index (κ1) is 14.8. The molecule has 2 rings (SSSR count). The molecule has 0 aliphatic rings. The van der Waals surface area contributed by atoms with Crippen molar-refractivity contribution in [2.45, 2.75) is 20.3 Å². The van der Waals surface area contributed by atoms with Crippen molar-refractivity contribution in [2.75, 3.05) is 6.61 Å². The van der Waals surface area contributed by atoms with Crippen molar-refractivity contribution >= 4 is 5.91 Å². The average Bonchev–Trinajstić information content (AvgIpc) is 2.47. The van der Waals surface area contributed by atoms with E-state index in [2.05, 4.69) is 4.98 Å². The molecule has 1 aromatic heterocycles. The lowest BCUT2D eigenvalue weighted by Gasteiger charge is -2.13. The Kier molecular flexibility index (Phi) is 4.42. The first-order valence-corrected chi connectivity index (χ1v) is 6.80. The number of aromatic nitrogens is 1. The zero-order valence-corrected chi connectivity index (χ0v) is 12.1. The number of carbonyl (C=O) groups is 1. The summed E-state index contributed by atoms with van der Waals surface area (Å²) in [6.07, 6.45) is 0.893. The van der Waals surface area contributed by atoms with Gasteiger partial charge in [-0.25, -0.2) is 0 Å². The van der Waals surface area contributed by atoms with Crippen molar-refractivity contribution in [2.24, 2.45) is 5.73 Å². The second-order valence-corrected chi connectivity index (χ2v) is 4.78. The first-order valence-electron chi connectivity index (χ1n) is 6.80. The van der Waals surface area contributed by atoms with Gasteiger partial charge < -0.3 is 15.5 Å². The van der Waals surface area contributed by atoms with Gasteiger partial charge in [-0.15, -0.1) is 0 Å². The van der Waals surface area contributed by atoms with Crippen molar-refractivity contribution in [1.82, 2.24) is 4.98 Å². The second-order valence-electron chi connectivity index (χ2n) is 4.78. The maximum absolute atomic E-state index is 11.9. The number of primary amides is 1. The number of amides is 1. The molecule has 1 aromatic carbocycles. The number of pyridine rings is 1. The van der Waals surface area contributed by atoms with Crippen LogP contribution in [0.3, 0.4) is 0 Å². The van der Waals surface area contributed by atoms with Crippen LogP contribution >= 0.6 is 0 Å². The van der Waals surface area contributed by atoms with Gasteiger partial charge in [-0.2, -0.15) is 0 Å². The van der Waals surface area contributed by atoms with E-state index in [1.54, 1.807) is 0 Å². The lowest BCUT2D eigenvalue weighted by molar-refractivity contribution is 0.0999. The molecular weight excluding hydrogens is 268 g/mol. The Morgan fingerprint density at radius 1 is 1.33 bits per heavy atom. The third-order valence-electron chi connectivity index (χ3n) is 3.12. The molecule has 0 aliphatic heterocycles. The molecule has 5 nitrogen and oxygen atoms in total. The topological polar surface area (TPSA) is 85.2 Å². The molecule has 0 aliphatic carbocycles. The molecule has 1 heterocycles. The number of nitrogens with two attached hydrogens (primary N) is 1. The van der Waals surface area contributed by atoms with E-state index < -0.39 is 11.5 Å². The van der Waals surface area contributed by atoms with Crippen LogP contribution in [-0.4, -0.2) is 17.5 Å². The standard InChI is InChI=1S/C16H18N2O3/c1-3-8-21-13-7-5-4-6-11(13)14-10(2)9-12(15(17)19)16(20)18-14/h4-7,9H,3,8H2,1-2H3,(H2,17,19)(H,18,20). The largest absolute Gasteiger partial charge is 0.493 e. The fraction of sp³-hybridized carbons (Fsp3) is 0.250. The van der Waals surface area contributed by atoms with Crippen LogP contribution in [0.4, 0.5) is 0 Å². The van der Waals surface area contributed by atoms with E-state index in [-0.39, 0.29) is 5.56 Å². The number of para-hydroxylation sites is 1. The van der Waals surface area contributed by atoms with Crippen LogP contribution < -0.4 is 16.0 Å². The van der Waals surface area contributed by atoms with Gasteiger partial charge in [0.15, 0.2) is 0 Å². The maximum atomic E-state index is 11.9. The highest BCUT2D eigenvalue weighted by atomic mass is 16.5. The molecule has 110 valence electrons. The second kappa shape index (κ2) is 6.26. The van der Waals surface area contributed by atoms with Crippen LogP contribution in [0, 0.1) is 6.92 Å². The monoisotopic (exact) mass is 286 g/mol. The Morgan fingerprint density at radius 2 is 2.05 bits per heavy atom. The molecule has 21 heavy (non-hydrogen) atoms. The Morgan fingerprint density at radius 3 is 2.71 bits per heavy atom. The van der Waals surface area contributed by atoms with Crippen molar-refractivity contribution < 1.29 is 9.53 Å². The van der Waals surface area contributed by atoms with Crippen LogP contribution in [0.25, 0.3) is 11.3 Å². The fourth-order valence-corrected chi connectivity index (χ4v) is 2.11. The average molecular weight is 286 g/mol. The predicted molar refractivity (Wildman–Crippen MR) is 81.5 cm³/mol. The highest BCUT2D eigenvalue weighted by Gasteiger charge is 2.14. The van der Waals surface area contributed by atoms with E-state index in [9.17, 15) is 9.59 Å². The molecule has 0 unspecified atom stereocenters. The number of ether oxygens (including phenoxy) is 1. The van der Waals surface area contributed by atoms with Crippen LogP contribution in [-0.2, 0) is 0 Å². The molecule has 0 saturated heterocycles. The molecule has 0 saturated carbocycles. The number of aromatic amines is 1. The Hall–Kier alpha value is -2.56. The molecule has 0 spiro atoms. The summed E-state index contributed by atoms with van der Waals surface area (Å²) in [6.45, 7) is 4.44. The number of nitrogens with one attached hydrogen (secondary N) is 1. The summed E-state index contributed by atoms with van der Waals surface area (Å²) in [5.74, 6) is -0.0358. The van der Waals surface area contributed by atoms with E-state index in [4.69, 9.17) is 10.5 Å². The SMILES string of the molecule is CCCOc1ccccc1-c1[nH]c(=O)c(C(N)=O)cc1C. The third kappa shape index (κ3) is 3.13. The van der Waals surface area contributed by atoms with Gasteiger partial charge in [0.1, 0.15) is 11.3 Å². The van der Waals surface area contributed by atoms with Crippen LogP contribution in [0.5, 0.6) is 5.75 Å². The third-order valence-corrected chi connectivity index (χ3v) is 3.12. The van der Waals surface area contributed by atoms with Gasteiger partial charge >= 0.3 is 0 Å². The fourth-order valence-electron chi connectivity index (χ4n) is 2.11. The smallest absolute Gasteiger partial charge is 0.261 e. The summed E-state index contributed by atoms with van der Waals surface area (Å²) in [5.41, 5.74) is 6.84. The number of rotatable bonds is 5. The molecule has 5 heteroatoms. The van der Waals surface area contributed by atoms with Gasteiger partial charge in [0.2, 0.25) is 0 Å². The van der Waals surface area contributed by atoms with E-state index in [1.165, 1.54) is 6.07 Å². The molecule has 0 fully saturated rings. The number of carbonyl (C=O) groups excluding carboxylic acids is 1. The number of hydrogen-bond donors (Lipinski definition) is 2. The van der Waals surface area contributed by atoms with Gasteiger partial charge in [-0.05, 0) is 37.1 Å². The Balaban J connectivity index is 2.55. The van der Waals surface area contributed by atoms with Gasteiger partial charge in [0, 0.05) is 5.56 Å². The van der Waals surface area contributed by atoms with Gasteiger partial charge in [0.05, 0.1) is 12.3 Å². The van der Waals surface area contributed by atoms with E-state index in [0.717, 1.165) is 17.5 Å². The molecule has 0 radical (unpaired) electrons. The minimum atomic E-state index is -0.735. The number of hydrogen-bond acceptors (Lipinski definition) is 3. The summed E-state index contributed by atoms with van der Waals surface area (Å²) in [4.78, 5) is 25.9. The minimum absolute atomic E-state index is 0.0387. The highest BCUT2D eigenvalue weighted by Crippen LogP contribution is 2.30. The number of H-pyrrole nitrogens is 1. The first-order chi connectivity index (χ1) is 10.0. The van der Waals surface area contributed by atoms with E-state index in [1.807, 2.05) is 38.1 Å².